The minimum Gasteiger partial charge on any atom is -0.486 e. The van der Waals surface area contributed by atoms with Gasteiger partial charge in [0.1, 0.15) is 17.5 Å². The smallest absolute Gasteiger partial charge is 0.410 e. The zero-order chi connectivity index (χ0) is 28.7. The van der Waals surface area contributed by atoms with Crippen LogP contribution in [0.25, 0.3) is 11.3 Å². The first-order chi connectivity index (χ1) is 19.1. The van der Waals surface area contributed by atoms with Crippen LogP contribution in [-0.2, 0) is 4.74 Å². The molecule has 0 spiro atoms. The van der Waals surface area contributed by atoms with Crippen LogP contribution < -0.4 is 9.64 Å². The summed E-state index contributed by atoms with van der Waals surface area (Å²) < 4.78 is 12.0. The Morgan fingerprint density at radius 2 is 1.75 bits per heavy atom. The van der Waals surface area contributed by atoms with Crippen LogP contribution in [0.2, 0.25) is 0 Å². The maximum atomic E-state index is 12.5. The van der Waals surface area contributed by atoms with Crippen molar-refractivity contribution >= 4 is 18.1 Å². The van der Waals surface area contributed by atoms with Crippen LogP contribution in [0, 0.1) is 0 Å². The third kappa shape index (κ3) is 7.84. The van der Waals surface area contributed by atoms with Crippen molar-refractivity contribution in [1.29, 1.82) is 0 Å². The van der Waals surface area contributed by atoms with E-state index in [-0.39, 0.29) is 12.2 Å². The molecular weight excluding hydrogens is 510 g/mol. The molecule has 2 amide bonds. The Kier molecular flexibility index (Phi) is 9.08. The highest BCUT2D eigenvalue weighted by atomic mass is 16.6. The maximum Gasteiger partial charge on any atom is 0.410 e. The van der Waals surface area contributed by atoms with Gasteiger partial charge in [-0.2, -0.15) is 0 Å². The average Bonchev–Trinajstić information content (AvgIpc) is 2.95. The van der Waals surface area contributed by atoms with E-state index in [9.17, 15) is 14.7 Å². The van der Waals surface area contributed by atoms with Crippen LogP contribution in [0.15, 0.2) is 66.9 Å². The second-order valence-corrected chi connectivity index (χ2v) is 10.7. The van der Waals surface area contributed by atoms with E-state index in [1.54, 1.807) is 18.1 Å². The Labute approximate surface area is 235 Å². The molecule has 1 saturated heterocycles. The van der Waals surface area contributed by atoms with Gasteiger partial charge in [0.25, 0.3) is 0 Å². The van der Waals surface area contributed by atoms with Crippen LogP contribution in [0.5, 0.6) is 5.75 Å². The maximum absolute atomic E-state index is 12.5. The molecule has 1 fully saturated rings. The van der Waals surface area contributed by atoms with Gasteiger partial charge < -0.3 is 29.3 Å². The number of nitrogens with zero attached hydrogens (tertiary/aromatic N) is 5. The summed E-state index contributed by atoms with van der Waals surface area (Å²) in [5.41, 5.74) is 2.07. The first kappa shape index (κ1) is 28.7. The molecule has 0 aliphatic carbocycles. The van der Waals surface area contributed by atoms with E-state index in [1.165, 1.54) is 4.90 Å². The van der Waals surface area contributed by atoms with Crippen molar-refractivity contribution in [3.8, 4) is 17.0 Å². The number of aromatic nitrogens is 2. The van der Waals surface area contributed by atoms with Gasteiger partial charge >= 0.3 is 12.2 Å². The summed E-state index contributed by atoms with van der Waals surface area (Å²) in [5.74, 6) is 1.25. The lowest BCUT2D eigenvalue weighted by Crippen LogP contribution is -2.48. The molecule has 0 radical (unpaired) electrons. The number of amides is 2. The largest absolute Gasteiger partial charge is 0.486 e. The summed E-state index contributed by atoms with van der Waals surface area (Å²) in [6, 6.07) is 19.5. The van der Waals surface area contributed by atoms with Gasteiger partial charge in [-0.25, -0.2) is 19.6 Å². The molecule has 0 bridgehead atoms. The minimum absolute atomic E-state index is 0.284. The SMILES string of the molecule is CN(CCC(Oc1cccc(-c2ccnc(N3CCN(C(=O)O)CC3)n2)c1)c1ccccc1)C(=O)OC(C)(C)C. The van der Waals surface area contributed by atoms with E-state index >= 15 is 0 Å². The van der Waals surface area contributed by atoms with Gasteiger partial charge in [-0.3, -0.25) is 0 Å². The van der Waals surface area contributed by atoms with Crippen molar-refractivity contribution in [2.45, 2.75) is 38.9 Å². The third-order valence-corrected chi connectivity index (χ3v) is 6.49. The summed E-state index contributed by atoms with van der Waals surface area (Å²) in [7, 11) is 1.73. The Hall–Kier alpha value is -4.34. The highest BCUT2D eigenvalue weighted by Crippen LogP contribution is 2.29. The fraction of sp³-hybridized carbons (Fsp3) is 0.400. The lowest BCUT2D eigenvalue weighted by molar-refractivity contribution is 0.0278. The van der Waals surface area contributed by atoms with Gasteiger partial charge in [-0.15, -0.1) is 0 Å². The number of hydrogen-bond acceptors (Lipinski definition) is 7. The first-order valence-corrected chi connectivity index (χ1v) is 13.4. The van der Waals surface area contributed by atoms with Gasteiger partial charge in [0.2, 0.25) is 5.95 Å². The van der Waals surface area contributed by atoms with E-state index in [0.29, 0.717) is 50.8 Å². The Morgan fingerprint density at radius 1 is 1.02 bits per heavy atom. The molecule has 1 N–H and O–H groups in total. The molecule has 1 aliphatic rings. The van der Waals surface area contributed by atoms with Crippen molar-refractivity contribution in [2.75, 3.05) is 44.7 Å². The fourth-order valence-electron chi connectivity index (χ4n) is 4.36. The first-order valence-electron chi connectivity index (χ1n) is 13.4. The summed E-state index contributed by atoms with van der Waals surface area (Å²) in [6.45, 7) is 7.90. The summed E-state index contributed by atoms with van der Waals surface area (Å²) in [5, 5.41) is 9.22. The quantitative estimate of drug-likeness (QED) is 0.404. The highest BCUT2D eigenvalue weighted by Gasteiger charge is 2.23. The number of carboxylic acid groups (broad SMARTS) is 1. The van der Waals surface area contributed by atoms with Crippen molar-refractivity contribution in [3.05, 3.63) is 72.4 Å². The Balaban J connectivity index is 1.48. The van der Waals surface area contributed by atoms with Gasteiger partial charge in [0.05, 0.1) is 5.69 Å². The van der Waals surface area contributed by atoms with E-state index in [2.05, 4.69) is 4.98 Å². The van der Waals surface area contributed by atoms with Crippen LogP contribution in [0.1, 0.15) is 38.9 Å². The van der Waals surface area contributed by atoms with Crippen LogP contribution in [0.3, 0.4) is 0 Å². The van der Waals surface area contributed by atoms with E-state index in [0.717, 1.165) is 16.8 Å². The summed E-state index contributed by atoms with van der Waals surface area (Å²) in [6.07, 6.45) is 0.729. The number of piperazine rings is 1. The number of anilines is 1. The lowest BCUT2D eigenvalue weighted by atomic mass is 10.1. The van der Waals surface area contributed by atoms with Crippen LogP contribution in [0.4, 0.5) is 15.5 Å². The van der Waals surface area contributed by atoms with E-state index in [4.69, 9.17) is 14.5 Å². The number of benzene rings is 2. The van der Waals surface area contributed by atoms with Gasteiger partial charge in [0.15, 0.2) is 0 Å². The minimum atomic E-state index is -0.906. The van der Waals surface area contributed by atoms with Crippen molar-refractivity contribution in [2.24, 2.45) is 0 Å². The van der Waals surface area contributed by atoms with Crippen LogP contribution in [-0.4, -0.2) is 82.4 Å². The van der Waals surface area contributed by atoms with Crippen molar-refractivity contribution in [3.63, 3.8) is 0 Å². The zero-order valence-corrected chi connectivity index (χ0v) is 23.5. The summed E-state index contributed by atoms with van der Waals surface area (Å²) >= 11 is 0. The molecule has 1 atom stereocenters. The summed E-state index contributed by atoms with van der Waals surface area (Å²) in [4.78, 5) is 37.8. The lowest BCUT2D eigenvalue weighted by Gasteiger charge is -2.33. The van der Waals surface area contributed by atoms with Crippen molar-refractivity contribution in [1.82, 2.24) is 19.8 Å². The zero-order valence-electron chi connectivity index (χ0n) is 23.5. The molecule has 0 saturated carbocycles. The third-order valence-electron chi connectivity index (χ3n) is 6.49. The second-order valence-electron chi connectivity index (χ2n) is 10.7. The van der Waals surface area contributed by atoms with Gasteiger partial charge in [0, 0.05) is 58.0 Å². The molecule has 1 aromatic heterocycles. The molecular formula is C30H37N5O5. The predicted molar refractivity (Wildman–Crippen MR) is 153 cm³/mol. The normalized spacial score (nSPS) is 14.4. The number of rotatable bonds is 8. The molecule has 2 aromatic carbocycles. The van der Waals surface area contributed by atoms with E-state index in [1.807, 2.05) is 86.3 Å². The molecule has 4 rings (SSSR count). The monoisotopic (exact) mass is 547 g/mol. The molecule has 2 heterocycles. The molecule has 40 heavy (non-hydrogen) atoms. The Bertz CT molecular complexity index is 1290. The standard InChI is InChI=1S/C30H37N5O5/c1-30(2,3)40-29(38)33(4)16-14-26(22-9-6-5-7-10-22)39-24-12-8-11-23(21-24)25-13-15-31-27(32-25)34-17-19-35(20-18-34)28(36)37/h5-13,15,21,26H,14,16-20H2,1-4H3,(H,36,37). The van der Waals surface area contributed by atoms with E-state index < -0.39 is 11.7 Å². The molecule has 212 valence electrons. The Morgan fingerprint density at radius 3 is 2.42 bits per heavy atom. The molecule has 3 aromatic rings. The fourth-order valence-corrected chi connectivity index (χ4v) is 4.36. The molecule has 10 nitrogen and oxygen atoms in total. The second kappa shape index (κ2) is 12.7. The number of hydrogen-bond donors (Lipinski definition) is 1. The van der Waals surface area contributed by atoms with Gasteiger partial charge in [-0.1, -0.05) is 42.5 Å². The molecule has 10 heteroatoms. The predicted octanol–water partition coefficient (Wildman–Crippen LogP) is 5.32. The number of carbonyl (C=O) groups excluding carboxylic acids is 1. The topological polar surface area (TPSA) is 108 Å². The average molecular weight is 548 g/mol. The van der Waals surface area contributed by atoms with Gasteiger partial charge in [-0.05, 0) is 44.5 Å². The molecule has 1 unspecified atom stereocenters. The number of ether oxygens (including phenoxy) is 2. The van der Waals surface area contributed by atoms with Crippen LogP contribution >= 0.6 is 0 Å². The molecule has 1 aliphatic heterocycles. The van der Waals surface area contributed by atoms with Crippen molar-refractivity contribution < 1.29 is 24.2 Å². The highest BCUT2D eigenvalue weighted by molar-refractivity contribution is 5.67. The number of carbonyl (C=O) groups is 2.